The van der Waals surface area contributed by atoms with Gasteiger partial charge in [0.25, 0.3) is 0 Å². The van der Waals surface area contributed by atoms with Crippen LogP contribution in [0.5, 0.6) is 0 Å². The molecule has 1 saturated carbocycles. The topological polar surface area (TPSA) is 73.6 Å². The van der Waals surface area contributed by atoms with Gasteiger partial charge in [0.2, 0.25) is 0 Å². The van der Waals surface area contributed by atoms with Crippen LogP contribution in [0.4, 0.5) is 5.82 Å². The number of aryl methyl sites for hydroxylation is 1. The summed E-state index contributed by atoms with van der Waals surface area (Å²) in [5.74, 6) is 0.721. The Balaban J connectivity index is 0.000000319. The number of nitrogens with zero attached hydrogens (tertiary/aromatic N) is 3. The number of rotatable bonds is 9. The Morgan fingerprint density at radius 2 is 1.94 bits per heavy atom. The van der Waals surface area contributed by atoms with E-state index in [0.29, 0.717) is 12.1 Å². The highest BCUT2D eigenvalue weighted by Crippen LogP contribution is 2.47. The van der Waals surface area contributed by atoms with Crippen molar-refractivity contribution < 1.29 is 0 Å². The largest absolute Gasteiger partial charge is 0.364 e. The standard InChI is InChI=1S/C20H22N4.C11H23N/c1-6-18-15(5)23-24-20(19(18)10-13(2)3)22-12-17-9-7-8-16(11-21)14(17)4;1-4-6-7-11(5-2)8-10(9-11)12-3/h6-10H,2,12H2,1,3-5H3,(H,22,24);10,12H,4-9H2,1-3H3/b18-6-,19-10+;. The Morgan fingerprint density at radius 3 is 2.50 bits per heavy atom. The summed E-state index contributed by atoms with van der Waals surface area (Å²) in [4.78, 5) is 0. The van der Waals surface area contributed by atoms with Crippen molar-refractivity contribution in [1.82, 2.24) is 15.5 Å². The lowest BCUT2D eigenvalue weighted by molar-refractivity contribution is 0.0680. The SMILES string of the molecule is C=C(C)/C=c1/c(NCc2cccc(C#N)c2C)nnc(C)/c1=C/C.CCCCC1(CC)CC(NC)C1. The molecule has 1 fully saturated rings. The van der Waals surface area contributed by atoms with Crippen LogP contribution >= 0.6 is 0 Å². The summed E-state index contributed by atoms with van der Waals surface area (Å²) in [6.45, 7) is 17.0. The Labute approximate surface area is 218 Å². The van der Waals surface area contributed by atoms with Crippen LogP contribution in [-0.2, 0) is 6.54 Å². The Hall–Kier alpha value is -2.97. The molecule has 1 heterocycles. The molecule has 1 aliphatic carbocycles. The Morgan fingerprint density at radius 1 is 1.22 bits per heavy atom. The Kier molecular flexibility index (Phi) is 11.3. The van der Waals surface area contributed by atoms with Crippen LogP contribution in [0.1, 0.15) is 88.6 Å². The highest BCUT2D eigenvalue weighted by molar-refractivity contribution is 5.53. The first-order valence-electron chi connectivity index (χ1n) is 13.3. The smallest absolute Gasteiger partial charge is 0.156 e. The van der Waals surface area contributed by atoms with Gasteiger partial charge in [-0.05, 0) is 82.7 Å². The van der Waals surface area contributed by atoms with Crippen molar-refractivity contribution in [3.63, 3.8) is 0 Å². The zero-order valence-electron chi connectivity index (χ0n) is 23.5. The maximum Gasteiger partial charge on any atom is 0.156 e. The first-order valence-corrected chi connectivity index (χ1v) is 13.3. The molecule has 5 nitrogen and oxygen atoms in total. The van der Waals surface area contributed by atoms with E-state index in [1.54, 1.807) is 0 Å². The molecule has 5 heteroatoms. The van der Waals surface area contributed by atoms with E-state index in [2.05, 4.69) is 54.4 Å². The molecule has 0 amide bonds. The predicted octanol–water partition coefficient (Wildman–Crippen LogP) is 5.69. The molecule has 2 N–H and O–H groups in total. The van der Waals surface area contributed by atoms with Crippen molar-refractivity contribution in [2.75, 3.05) is 12.4 Å². The average Bonchev–Trinajstić information content (AvgIpc) is 2.84. The van der Waals surface area contributed by atoms with Gasteiger partial charge < -0.3 is 10.6 Å². The summed E-state index contributed by atoms with van der Waals surface area (Å²) in [5, 5.41) is 26.5. The van der Waals surface area contributed by atoms with Gasteiger partial charge in [-0.1, -0.05) is 63.5 Å². The van der Waals surface area contributed by atoms with Gasteiger partial charge in [0.1, 0.15) is 0 Å². The number of hydrogen-bond acceptors (Lipinski definition) is 5. The van der Waals surface area contributed by atoms with E-state index in [1.807, 2.05) is 58.0 Å². The van der Waals surface area contributed by atoms with Crippen LogP contribution in [0.15, 0.2) is 30.4 Å². The number of aromatic nitrogens is 2. The lowest BCUT2D eigenvalue weighted by Gasteiger charge is -2.48. The summed E-state index contributed by atoms with van der Waals surface area (Å²) in [6.07, 6.45) is 12.5. The van der Waals surface area contributed by atoms with Gasteiger partial charge in [-0.15, -0.1) is 5.10 Å². The van der Waals surface area contributed by atoms with E-state index < -0.39 is 0 Å². The molecule has 1 aromatic heterocycles. The molecule has 0 spiro atoms. The summed E-state index contributed by atoms with van der Waals surface area (Å²) < 4.78 is 0. The molecule has 0 aliphatic heterocycles. The number of hydrogen-bond donors (Lipinski definition) is 2. The summed E-state index contributed by atoms with van der Waals surface area (Å²) in [7, 11) is 2.09. The van der Waals surface area contributed by atoms with Crippen LogP contribution in [0.2, 0.25) is 0 Å². The minimum Gasteiger partial charge on any atom is -0.364 e. The van der Waals surface area contributed by atoms with Crippen LogP contribution in [0.25, 0.3) is 12.2 Å². The second-order valence-electron chi connectivity index (χ2n) is 10.1. The van der Waals surface area contributed by atoms with E-state index >= 15 is 0 Å². The molecular formula is C31H45N5. The van der Waals surface area contributed by atoms with E-state index in [4.69, 9.17) is 5.26 Å². The molecule has 2 aromatic rings. The van der Waals surface area contributed by atoms with Crippen molar-refractivity contribution in [2.24, 2.45) is 5.41 Å². The maximum absolute atomic E-state index is 9.16. The number of nitriles is 1. The Bertz CT molecular complexity index is 1180. The molecule has 1 aliphatic rings. The molecule has 0 atom stereocenters. The third kappa shape index (κ3) is 7.51. The summed E-state index contributed by atoms with van der Waals surface area (Å²) in [5.41, 5.74) is 5.32. The number of nitrogens with one attached hydrogen (secondary N) is 2. The third-order valence-electron chi connectivity index (χ3n) is 7.50. The minimum absolute atomic E-state index is 0.583. The van der Waals surface area contributed by atoms with E-state index in [0.717, 1.165) is 50.1 Å². The van der Waals surface area contributed by atoms with Crippen molar-refractivity contribution in [1.29, 1.82) is 5.26 Å². The third-order valence-corrected chi connectivity index (χ3v) is 7.50. The number of unbranched alkanes of at least 4 members (excludes halogenated alkanes) is 1. The van der Waals surface area contributed by atoms with Gasteiger partial charge in [-0.3, -0.25) is 0 Å². The second-order valence-corrected chi connectivity index (χ2v) is 10.1. The first-order chi connectivity index (χ1) is 17.2. The fourth-order valence-corrected chi connectivity index (χ4v) is 5.03. The lowest BCUT2D eigenvalue weighted by atomic mass is 9.61. The molecular weight excluding hydrogens is 442 g/mol. The van der Waals surface area contributed by atoms with Crippen molar-refractivity contribution in [3.05, 3.63) is 63.2 Å². The molecule has 194 valence electrons. The van der Waals surface area contributed by atoms with Crippen molar-refractivity contribution in [2.45, 2.75) is 92.7 Å². The molecule has 0 saturated heterocycles. The lowest BCUT2D eigenvalue weighted by Crippen LogP contribution is -2.47. The molecule has 0 radical (unpaired) electrons. The zero-order chi connectivity index (χ0) is 26.7. The maximum atomic E-state index is 9.16. The van der Waals surface area contributed by atoms with Crippen LogP contribution < -0.4 is 21.1 Å². The normalized spacial score (nSPS) is 19.7. The van der Waals surface area contributed by atoms with Crippen molar-refractivity contribution >= 4 is 18.0 Å². The summed E-state index contributed by atoms with van der Waals surface area (Å²) >= 11 is 0. The van der Waals surface area contributed by atoms with E-state index in [9.17, 15) is 0 Å². The predicted molar refractivity (Wildman–Crippen MR) is 153 cm³/mol. The number of anilines is 1. The average molecular weight is 488 g/mol. The van der Waals surface area contributed by atoms with Gasteiger partial charge in [-0.2, -0.15) is 10.4 Å². The first kappa shape index (κ1) is 29.3. The van der Waals surface area contributed by atoms with Gasteiger partial charge in [-0.25, -0.2) is 0 Å². The van der Waals surface area contributed by atoms with Gasteiger partial charge >= 0.3 is 0 Å². The van der Waals surface area contributed by atoms with E-state index in [1.165, 1.54) is 38.5 Å². The van der Waals surface area contributed by atoms with Crippen molar-refractivity contribution in [3.8, 4) is 6.07 Å². The molecule has 1 aromatic carbocycles. The van der Waals surface area contributed by atoms with Gasteiger partial charge in [0, 0.05) is 23.0 Å². The fraction of sp³-hybridized carbons (Fsp3) is 0.516. The fourth-order valence-electron chi connectivity index (χ4n) is 5.03. The van der Waals surface area contributed by atoms with Crippen LogP contribution in [-0.4, -0.2) is 23.3 Å². The second kappa shape index (κ2) is 13.9. The van der Waals surface area contributed by atoms with Crippen LogP contribution in [0, 0.1) is 30.6 Å². The van der Waals surface area contributed by atoms with E-state index in [-0.39, 0.29) is 0 Å². The zero-order valence-corrected chi connectivity index (χ0v) is 23.5. The molecule has 0 bridgehead atoms. The van der Waals surface area contributed by atoms with Gasteiger partial charge in [0.15, 0.2) is 5.82 Å². The number of allylic oxidation sites excluding steroid dienone is 1. The molecule has 36 heavy (non-hydrogen) atoms. The van der Waals surface area contributed by atoms with Gasteiger partial charge in [0.05, 0.1) is 17.3 Å². The highest BCUT2D eigenvalue weighted by atomic mass is 15.2. The summed E-state index contributed by atoms with van der Waals surface area (Å²) in [6, 6.07) is 8.78. The monoisotopic (exact) mass is 487 g/mol. The van der Waals surface area contributed by atoms with Crippen LogP contribution in [0.3, 0.4) is 0 Å². The highest BCUT2D eigenvalue weighted by Gasteiger charge is 2.40. The quantitative estimate of drug-likeness (QED) is 0.475. The minimum atomic E-state index is 0.583. The molecule has 0 unspecified atom stereocenters. The number of benzene rings is 1. The molecule has 3 rings (SSSR count).